The monoisotopic (exact) mass is 336 g/mol. The first-order valence-electron chi connectivity index (χ1n) is 8.20. The second-order valence-corrected chi connectivity index (χ2v) is 6.67. The van der Waals surface area contributed by atoms with E-state index in [-0.39, 0.29) is 0 Å². The molecule has 1 heterocycles. The largest absolute Gasteiger partial charge is 0.494 e. The molecule has 5 heteroatoms. The molecule has 0 aliphatic carbocycles. The molecule has 0 aromatic heterocycles. The van der Waals surface area contributed by atoms with Crippen molar-refractivity contribution in [2.24, 2.45) is 0 Å². The number of hydrogen-bond donors (Lipinski definition) is 1. The van der Waals surface area contributed by atoms with Crippen LogP contribution >= 0.6 is 11.8 Å². The molecule has 4 nitrogen and oxygen atoms in total. The van der Waals surface area contributed by atoms with Gasteiger partial charge < -0.3 is 14.6 Å². The summed E-state index contributed by atoms with van der Waals surface area (Å²) in [6.45, 7) is 2.96. The molecule has 0 bridgehead atoms. The van der Waals surface area contributed by atoms with Crippen LogP contribution < -0.4 is 4.74 Å². The van der Waals surface area contributed by atoms with Crippen LogP contribution in [0.15, 0.2) is 40.1 Å². The van der Waals surface area contributed by atoms with Gasteiger partial charge in [0.05, 0.1) is 11.5 Å². The van der Waals surface area contributed by atoms with Crippen molar-refractivity contribution < 1.29 is 19.4 Å². The summed E-state index contributed by atoms with van der Waals surface area (Å²) >= 11 is 1.32. The molecule has 1 aromatic carbocycles. The number of hydrogen-bond acceptors (Lipinski definition) is 5. The predicted molar refractivity (Wildman–Crippen MR) is 91.4 cm³/mol. The standard InChI is InChI=1S/C18H24O4S/c1-2-3-4-5-6-7-12-21-14-8-10-15(11-9-14)23-16-13-17(19)22-18(16)20/h8-11,13,18,20H,2-7,12H2,1H3. The Kier molecular flexibility index (Phi) is 7.49. The van der Waals surface area contributed by atoms with E-state index in [1.54, 1.807) is 0 Å². The van der Waals surface area contributed by atoms with Gasteiger partial charge >= 0.3 is 5.97 Å². The van der Waals surface area contributed by atoms with Gasteiger partial charge in [-0.1, -0.05) is 50.8 Å². The Balaban J connectivity index is 1.68. The van der Waals surface area contributed by atoms with Crippen LogP contribution in [-0.2, 0) is 9.53 Å². The van der Waals surface area contributed by atoms with Crippen molar-refractivity contribution >= 4 is 17.7 Å². The van der Waals surface area contributed by atoms with Gasteiger partial charge in [0.2, 0.25) is 6.29 Å². The molecular weight excluding hydrogens is 312 g/mol. The zero-order chi connectivity index (χ0) is 16.5. The topological polar surface area (TPSA) is 55.8 Å². The number of aliphatic hydroxyl groups is 1. The third kappa shape index (κ3) is 6.28. The number of esters is 1. The second-order valence-electron chi connectivity index (χ2n) is 5.53. The van der Waals surface area contributed by atoms with Crippen LogP contribution in [0.5, 0.6) is 5.75 Å². The third-order valence-electron chi connectivity index (χ3n) is 3.56. The van der Waals surface area contributed by atoms with Crippen molar-refractivity contribution in [3.8, 4) is 5.75 Å². The summed E-state index contributed by atoms with van der Waals surface area (Å²) in [5.74, 6) is 0.343. The van der Waals surface area contributed by atoms with Gasteiger partial charge in [-0.3, -0.25) is 0 Å². The van der Waals surface area contributed by atoms with Crippen LogP contribution in [-0.4, -0.2) is 24.0 Å². The molecule has 0 saturated heterocycles. The van der Waals surface area contributed by atoms with Gasteiger partial charge in [0.15, 0.2) is 0 Å². The molecule has 1 unspecified atom stereocenters. The molecule has 0 radical (unpaired) electrons. The molecule has 1 N–H and O–H groups in total. The summed E-state index contributed by atoms with van der Waals surface area (Å²) in [4.78, 5) is 12.5. The van der Waals surface area contributed by atoms with E-state index < -0.39 is 12.3 Å². The van der Waals surface area contributed by atoms with Gasteiger partial charge in [0.1, 0.15) is 5.75 Å². The zero-order valence-corrected chi connectivity index (χ0v) is 14.3. The number of carbonyl (C=O) groups is 1. The first-order valence-corrected chi connectivity index (χ1v) is 9.01. The molecule has 1 aromatic rings. The van der Waals surface area contributed by atoms with Crippen LogP contribution in [0.3, 0.4) is 0 Å². The van der Waals surface area contributed by atoms with Crippen LogP contribution in [0.1, 0.15) is 45.4 Å². The quantitative estimate of drug-likeness (QED) is 0.510. The van der Waals surface area contributed by atoms with Crippen LogP contribution in [0.2, 0.25) is 0 Å². The van der Waals surface area contributed by atoms with E-state index >= 15 is 0 Å². The number of ether oxygens (including phenoxy) is 2. The minimum absolute atomic E-state index is 0.501. The highest BCUT2D eigenvalue weighted by Gasteiger charge is 2.24. The van der Waals surface area contributed by atoms with Crippen molar-refractivity contribution in [2.75, 3.05) is 6.61 Å². The van der Waals surface area contributed by atoms with Gasteiger partial charge in [-0.2, -0.15) is 0 Å². The third-order valence-corrected chi connectivity index (χ3v) is 4.62. The maximum absolute atomic E-state index is 11.0. The van der Waals surface area contributed by atoms with E-state index in [2.05, 4.69) is 11.7 Å². The van der Waals surface area contributed by atoms with Gasteiger partial charge in [-0.25, -0.2) is 4.79 Å². The highest BCUT2D eigenvalue weighted by Crippen LogP contribution is 2.33. The fourth-order valence-electron chi connectivity index (χ4n) is 2.28. The summed E-state index contributed by atoms with van der Waals surface area (Å²) in [6.07, 6.45) is 7.67. The molecule has 1 aliphatic heterocycles. The van der Waals surface area contributed by atoms with Crippen molar-refractivity contribution in [3.63, 3.8) is 0 Å². The normalized spacial score (nSPS) is 17.0. The van der Waals surface area contributed by atoms with Crippen LogP contribution in [0.4, 0.5) is 0 Å². The SMILES string of the molecule is CCCCCCCCOc1ccc(SC2=CC(=O)OC2O)cc1. The molecule has 0 saturated carbocycles. The Morgan fingerprint density at radius 1 is 1.13 bits per heavy atom. The van der Waals surface area contributed by atoms with E-state index in [1.165, 1.54) is 49.9 Å². The van der Waals surface area contributed by atoms with Crippen LogP contribution in [0.25, 0.3) is 0 Å². The fourth-order valence-corrected chi connectivity index (χ4v) is 3.13. The van der Waals surface area contributed by atoms with Crippen molar-refractivity contribution in [2.45, 2.75) is 56.6 Å². The minimum atomic E-state index is -1.14. The molecule has 0 amide bonds. The van der Waals surface area contributed by atoms with Crippen molar-refractivity contribution in [1.82, 2.24) is 0 Å². The number of aliphatic hydroxyl groups excluding tert-OH is 1. The molecule has 23 heavy (non-hydrogen) atoms. The summed E-state index contributed by atoms with van der Waals surface area (Å²) in [5.41, 5.74) is 0. The molecule has 2 rings (SSSR count). The minimum Gasteiger partial charge on any atom is -0.494 e. The molecule has 1 aliphatic rings. The predicted octanol–water partition coefficient (Wildman–Crippen LogP) is 4.28. The highest BCUT2D eigenvalue weighted by atomic mass is 32.2. The first-order chi connectivity index (χ1) is 11.2. The van der Waals surface area contributed by atoms with Crippen LogP contribution in [0, 0.1) is 0 Å². The Morgan fingerprint density at radius 2 is 1.83 bits per heavy atom. The van der Waals surface area contributed by atoms with Gasteiger partial charge in [0.25, 0.3) is 0 Å². The summed E-state index contributed by atoms with van der Waals surface area (Å²) in [7, 11) is 0. The number of rotatable bonds is 10. The lowest BCUT2D eigenvalue weighted by molar-refractivity contribution is -0.150. The Labute approximate surface area is 141 Å². The number of thioether (sulfide) groups is 1. The lowest BCUT2D eigenvalue weighted by atomic mass is 10.1. The molecule has 0 spiro atoms. The van der Waals surface area contributed by atoms with Gasteiger partial charge in [-0.05, 0) is 30.7 Å². The van der Waals surface area contributed by atoms with Crippen molar-refractivity contribution in [3.05, 3.63) is 35.2 Å². The average molecular weight is 336 g/mol. The van der Waals surface area contributed by atoms with E-state index in [0.717, 1.165) is 23.7 Å². The van der Waals surface area contributed by atoms with Crippen molar-refractivity contribution in [1.29, 1.82) is 0 Å². The number of unbranched alkanes of at least 4 members (excludes halogenated alkanes) is 5. The van der Waals surface area contributed by atoms with E-state index in [9.17, 15) is 9.90 Å². The summed E-state index contributed by atoms with van der Waals surface area (Å²) in [6, 6.07) is 7.64. The fraction of sp³-hybridized carbons (Fsp3) is 0.500. The maximum Gasteiger partial charge on any atom is 0.334 e. The maximum atomic E-state index is 11.0. The Hall–Kier alpha value is -1.46. The molecule has 0 fully saturated rings. The summed E-state index contributed by atoms with van der Waals surface area (Å²) in [5, 5.41) is 9.54. The highest BCUT2D eigenvalue weighted by molar-refractivity contribution is 8.03. The lowest BCUT2D eigenvalue weighted by Crippen LogP contribution is -2.08. The Morgan fingerprint density at radius 3 is 2.48 bits per heavy atom. The number of carbonyl (C=O) groups excluding carboxylic acids is 1. The Bertz CT molecular complexity index is 524. The first kappa shape index (κ1) is 17.9. The number of cyclic esters (lactones) is 1. The smallest absolute Gasteiger partial charge is 0.334 e. The molecule has 1 atom stereocenters. The van der Waals surface area contributed by atoms with E-state index in [0.29, 0.717) is 4.91 Å². The average Bonchev–Trinajstić information content (AvgIpc) is 2.85. The molecule has 126 valence electrons. The van der Waals surface area contributed by atoms with E-state index in [4.69, 9.17) is 4.74 Å². The van der Waals surface area contributed by atoms with E-state index in [1.807, 2.05) is 24.3 Å². The summed E-state index contributed by atoms with van der Waals surface area (Å²) < 4.78 is 10.4. The van der Waals surface area contributed by atoms with Gasteiger partial charge in [-0.15, -0.1) is 0 Å². The molecular formula is C18H24O4S. The van der Waals surface area contributed by atoms with Gasteiger partial charge in [0, 0.05) is 11.0 Å². The zero-order valence-electron chi connectivity index (χ0n) is 13.5. The second kappa shape index (κ2) is 9.63. The number of benzene rings is 1. The lowest BCUT2D eigenvalue weighted by Gasteiger charge is -2.09.